The van der Waals surface area contributed by atoms with Gasteiger partial charge in [0.1, 0.15) is 0 Å². The Morgan fingerprint density at radius 3 is 2.56 bits per heavy atom. The summed E-state index contributed by atoms with van der Waals surface area (Å²) in [4.78, 5) is 2.36. The third-order valence-corrected chi connectivity index (χ3v) is 3.68. The largest absolute Gasteiger partial charge is 0.383 e. The zero-order valence-electron chi connectivity index (χ0n) is 10.8. The Bertz CT molecular complexity index is 184. The van der Waals surface area contributed by atoms with Gasteiger partial charge in [0.25, 0.3) is 0 Å². The molecule has 0 spiro atoms. The van der Waals surface area contributed by atoms with E-state index < -0.39 is 0 Å². The summed E-state index contributed by atoms with van der Waals surface area (Å²) in [6, 6.07) is 0.871. The second-order valence-electron chi connectivity index (χ2n) is 4.72. The Balaban J connectivity index is 2.50. The molecule has 4 heteroatoms. The molecule has 0 amide bonds. The summed E-state index contributed by atoms with van der Waals surface area (Å²) in [6.45, 7) is 5.43. The maximum absolute atomic E-state index is 5.92. The van der Waals surface area contributed by atoms with E-state index in [-0.39, 0.29) is 0 Å². The first-order chi connectivity index (χ1) is 7.70. The van der Waals surface area contributed by atoms with Gasteiger partial charge in [-0.3, -0.25) is 4.90 Å². The van der Waals surface area contributed by atoms with Gasteiger partial charge in [0, 0.05) is 39.0 Å². The molecular weight excluding hydrogens is 204 g/mol. The number of nitrogens with zero attached hydrogens (tertiary/aromatic N) is 1. The third kappa shape index (κ3) is 3.70. The normalized spacial score (nSPS) is 22.3. The maximum Gasteiger partial charge on any atom is 0.0615 e. The number of hydrogen-bond acceptors (Lipinski definition) is 4. The van der Waals surface area contributed by atoms with E-state index in [1.165, 1.54) is 0 Å². The highest BCUT2D eigenvalue weighted by Gasteiger charge is 2.28. The summed E-state index contributed by atoms with van der Waals surface area (Å²) >= 11 is 0. The molecule has 1 heterocycles. The van der Waals surface area contributed by atoms with Crippen LogP contribution >= 0.6 is 0 Å². The van der Waals surface area contributed by atoms with Crippen molar-refractivity contribution in [3.05, 3.63) is 0 Å². The molecule has 1 aliphatic heterocycles. The fourth-order valence-electron chi connectivity index (χ4n) is 2.48. The predicted octanol–water partition coefficient (Wildman–Crippen LogP) is 0.707. The minimum Gasteiger partial charge on any atom is -0.383 e. The van der Waals surface area contributed by atoms with Gasteiger partial charge < -0.3 is 15.2 Å². The van der Waals surface area contributed by atoms with Crippen molar-refractivity contribution in [2.75, 3.05) is 40.5 Å². The fraction of sp³-hybridized carbons (Fsp3) is 1.00. The molecule has 0 aliphatic carbocycles. The van der Waals surface area contributed by atoms with Crippen LogP contribution in [0.15, 0.2) is 0 Å². The van der Waals surface area contributed by atoms with Crippen LogP contribution in [-0.2, 0) is 9.47 Å². The average Bonchev–Trinajstić information content (AvgIpc) is 2.31. The van der Waals surface area contributed by atoms with Gasteiger partial charge in [0.2, 0.25) is 0 Å². The molecule has 2 N–H and O–H groups in total. The molecule has 96 valence electrons. The third-order valence-electron chi connectivity index (χ3n) is 3.68. The second kappa shape index (κ2) is 7.22. The average molecular weight is 230 g/mol. The summed E-state index contributed by atoms with van der Waals surface area (Å²) < 4.78 is 10.6. The highest BCUT2D eigenvalue weighted by Crippen LogP contribution is 2.22. The first-order valence-electron chi connectivity index (χ1n) is 6.19. The number of ether oxygens (including phenoxy) is 2. The van der Waals surface area contributed by atoms with Crippen molar-refractivity contribution >= 4 is 0 Å². The van der Waals surface area contributed by atoms with Gasteiger partial charge in [-0.2, -0.15) is 0 Å². The number of rotatable bonds is 6. The van der Waals surface area contributed by atoms with Crippen molar-refractivity contribution < 1.29 is 9.47 Å². The van der Waals surface area contributed by atoms with Crippen molar-refractivity contribution in [3.63, 3.8) is 0 Å². The van der Waals surface area contributed by atoms with E-state index in [0.29, 0.717) is 18.0 Å². The Kier molecular flexibility index (Phi) is 6.28. The Hall–Kier alpha value is -0.160. The van der Waals surface area contributed by atoms with Crippen molar-refractivity contribution in [3.8, 4) is 0 Å². The molecule has 0 saturated carbocycles. The summed E-state index contributed by atoms with van der Waals surface area (Å²) in [6.07, 6.45) is 2.26. The van der Waals surface area contributed by atoms with Crippen LogP contribution in [-0.4, -0.2) is 57.5 Å². The number of methoxy groups -OCH3 is 1. The molecule has 2 atom stereocenters. The molecule has 0 bridgehead atoms. The lowest BCUT2D eigenvalue weighted by Gasteiger charge is -2.38. The van der Waals surface area contributed by atoms with Crippen LogP contribution in [0.2, 0.25) is 0 Å². The van der Waals surface area contributed by atoms with E-state index in [9.17, 15) is 0 Å². The predicted molar refractivity (Wildman–Crippen MR) is 65.5 cm³/mol. The van der Waals surface area contributed by atoms with E-state index in [4.69, 9.17) is 15.2 Å². The zero-order chi connectivity index (χ0) is 12.0. The van der Waals surface area contributed by atoms with Crippen LogP contribution in [0, 0.1) is 5.92 Å². The van der Waals surface area contributed by atoms with Gasteiger partial charge in [0.15, 0.2) is 0 Å². The SMILES string of the molecule is COCC(C)N(C)C(CN)C1CCOCC1. The van der Waals surface area contributed by atoms with E-state index in [1.54, 1.807) is 7.11 Å². The summed E-state index contributed by atoms with van der Waals surface area (Å²) in [5.41, 5.74) is 5.92. The minimum absolute atomic E-state index is 0.418. The smallest absolute Gasteiger partial charge is 0.0615 e. The summed E-state index contributed by atoms with van der Waals surface area (Å²) in [5, 5.41) is 0. The Morgan fingerprint density at radius 2 is 2.06 bits per heavy atom. The number of likely N-dealkylation sites (N-methyl/N-ethyl adjacent to an activating group) is 1. The van der Waals surface area contributed by atoms with E-state index in [0.717, 1.165) is 39.2 Å². The van der Waals surface area contributed by atoms with Crippen LogP contribution in [0.5, 0.6) is 0 Å². The highest BCUT2D eigenvalue weighted by molar-refractivity contribution is 4.82. The van der Waals surface area contributed by atoms with Crippen LogP contribution in [0.25, 0.3) is 0 Å². The van der Waals surface area contributed by atoms with Gasteiger partial charge in [-0.1, -0.05) is 0 Å². The van der Waals surface area contributed by atoms with E-state index in [2.05, 4.69) is 18.9 Å². The van der Waals surface area contributed by atoms with Gasteiger partial charge in [-0.15, -0.1) is 0 Å². The molecule has 16 heavy (non-hydrogen) atoms. The summed E-state index contributed by atoms with van der Waals surface area (Å²) in [7, 11) is 3.90. The second-order valence-corrected chi connectivity index (χ2v) is 4.72. The molecule has 0 aromatic rings. The van der Waals surface area contributed by atoms with Crippen molar-refractivity contribution in [1.82, 2.24) is 4.90 Å². The number of nitrogens with two attached hydrogens (primary N) is 1. The topological polar surface area (TPSA) is 47.7 Å². The standard InChI is InChI=1S/C12H26N2O2/c1-10(9-15-3)14(2)12(8-13)11-4-6-16-7-5-11/h10-12H,4-9,13H2,1-3H3. The zero-order valence-corrected chi connectivity index (χ0v) is 10.8. The molecular formula is C12H26N2O2. The van der Waals surface area contributed by atoms with Crippen LogP contribution in [0.3, 0.4) is 0 Å². The maximum atomic E-state index is 5.92. The lowest BCUT2D eigenvalue weighted by molar-refractivity contribution is 0.0136. The molecule has 0 aromatic carbocycles. The fourth-order valence-corrected chi connectivity index (χ4v) is 2.48. The molecule has 1 rings (SSSR count). The lowest BCUT2D eigenvalue weighted by atomic mass is 9.90. The van der Waals surface area contributed by atoms with Crippen LogP contribution < -0.4 is 5.73 Å². The lowest BCUT2D eigenvalue weighted by Crippen LogP contribution is -2.50. The van der Waals surface area contributed by atoms with Gasteiger partial charge in [-0.25, -0.2) is 0 Å². The van der Waals surface area contributed by atoms with Crippen LogP contribution in [0.4, 0.5) is 0 Å². The first-order valence-corrected chi connectivity index (χ1v) is 6.19. The molecule has 0 radical (unpaired) electrons. The van der Waals surface area contributed by atoms with Crippen molar-refractivity contribution in [1.29, 1.82) is 0 Å². The first kappa shape index (κ1) is 13.9. The Labute approximate surface area is 99.1 Å². The highest BCUT2D eigenvalue weighted by atomic mass is 16.5. The molecule has 4 nitrogen and oxygen atoms in total. The van der Waals surface area contributed by atoms with Gasteiger partial charge >= 0.3 is 0 Å². The van der Waals surface area contributed by atoms with Crippen molar-refractivity contribution in [2.45, 2.75) is 31.8 Å². The van der Waals surface area contributed by atoms with E-state index >= 15 is 0 Å². The number of hydrogen-bond donors (Lipinski definition) is 1. The molecule has 2 unspecified atom stereocenters. The molecule has 0 aromatic heterocycles. The van der Waals surface area contributed by atoms with E-state index in [1.807, 2.05) is 0 Å². The van der Waals surface area contributed by atoms with Crippen molar-refractivity contribution in [2.24, 2.45) is 11.7 Å². The van der Waals surface area contributed by atoms with Gasteiger partial charge in [-0.05, 0) is 32.7 Å². The quantitative estimate of drug-likeness (QED) is 0.730. The molecule has 1 aliphatic rings. The Morgan fingerprint density at radius 1 is 1.44 bits per heavy atom. The molecule has 1 fully saturated rings. The van der Waals surface area contributed by atoms with Gasteiger partial charge in [0.05, 0.1) is 6.61 Å². The van der Waals surface area contributed by atoms with Crippen LogP contribution in [0.1, 0.15) is 19.8 Å². The molecule has 1 saturated heterocycles. The minimum atomic E-state index is 0.418. The monoisotopic (exact) mass is 230 g/mol. The summed E-state index contributed by atoms with van der Waals surface area (Å²) in [5.74, 6) is 0.669.